The summed E-state index contributed by atoms with van der Waals surface area (Å²) in [5.41, 5.74) is 3.69. The molecule has 0 aliphatic rings. The first-order chi connectivity index (χ1) is 5.86. The molecule has 0 unspecified atom stereocenters. The summed E-state index contributed by atoms with van der Waals surface area (Å²) in [6, 6.07) is 9.74. The Bertz CT molecular complexity index is 248. The van der Waals surface area contributed by atoms with Gasteiger partial charge in [-0.05, 0) is 12.1 Å². The smallest absolute Gasteiger partial charge is 0.283 e. The lowest BCUT2D eigenvalue weighted by Gasteiger charge is -2.09. The summed E-state index contributed by atoms with van der Waals surface area (Å²) in [4.78, 5) is 0. The van der Waals surface area contributed by atoms with Crippen LogP contribution < -0.4 is 4.43 Å². The molecular weight excluding hydrogens is 164 g/mol. The van der Waals surface area contributed by atoms with Crippen LogP contribution in [0.4, 0.5) is 0 Å². The molecule has 0 aromatic heterocycles. The molecule has 1 aromatic carbocycles. The standard InChI is InChI=1S/C10H12OSi/c1-3-12(4-2)11-10-8-6-5-7-9-10/h3-9,12H,1-2H2. The van der Waals surface area contributed by atoms with E-state index in [1.165, 1.54) is 0 Å². The summed E-state index contributed by atoms with van der Waals surface area (Å²) in [6.07, 6.45) is 0. The van der Waals surface area contributed by atoms with Crippen LogP contribution in [-0.2, 0) is 0 Å². The van der Waals surface area contributed by atoms with E-state index >= 15 is 0 Å². The lowest BCUT2D eigenvalue weighted by Crippen LogP contribution is -2.15. The topological polar surface area (TPSA) is 9.23 Å². The lowest BCUT2D eigenvalue weighted by molar-refractivity contribution is 0.590. The predicted molar refractivity (Wildman–Crippen MR) is 54.6 cm³/mol. The summed E-state index contributed by atoms with van der Waals surface area (Å²) in [6.45, 7) is 7.39. The van der Waals surface area contributed by atoms with Gasteiger partial charge in [-0.3, -0.25) is 0 Å². The molecule has 0 heterocycles. The van der Waals surface area contributed by atoms with Crippen molar-refractivity contribution in [3.63, 3.8) is 0 Å². The number of hydrogen-bond donors (Lipinski definition) is 0. The predicted octanol–water partition coefficient (Wildman–Crippen LogP) is 2.24. The molecule has 0 radical (unpaired) electrons. The van der Waals surface area contributed by atoms with Gasteiger partial charge in [-0.1, -0.05) is 29.6 Å². The van der Waals surface area contributed by atoms with Crippen molar-refractivity contribution in [2.24, 2.45) is 0 Å². The molecule has 1 rings (SSSR count). The fourth-order valence-corrected chi connectivity index (χ4v) is 1.70. The van der Waals surface area contributed by atoms with Gasteiger partial charge in [0.05, 0.1) is 0 Å². The third-order valence-corrected chi connectivity index (χ3v) is 2.95. The summed E-state index contributed by atoms with van der Waals surface area (Å²) >= 11 is 0. The molecule has 0 N–H and O–H groups in total. The van der Waals surface area contributed by atoms with Gasteiger partial charge in [-0.15, -0.1) is 13.2 Å². The van der Waals surface area contributed by atoms with Crippen LogP contribution in [0.2, 0.25) is 0 Å². The normalized spacial score (nSPS) is 9.42. The Morgan fingerprint density at radius 3 is 2.17 bits per heavy atom. The van der Waals surface area contributed by atoms with Crippen molar-refractivity contribution in [3.05, 3.63) is 54.9 Å². The van der Waals surface area contributed by atoms with Gasteiger partial charge in [0.1, 0.15) is 5.75 Å². The van der Waals surface area contributed by atoms with E-state index in [1.807, 2.05) is 41.7 Å². The second-order valence-corrected chi connectivity index (χ2v) is 4.47. The van der Waals surface area contributed by atoms with Gasteiger partial charge in [0.15, 0.2) is 0 Å². The molecule has 0 saturated carbocycles. The Labute approximate surface area is 74.7 Å². The zero-order chi connectivity index (χ0) is 8.81. The van der Waals surface area contributed by atoms with Crippen molar-refractivity contribution in [1.82, 2.24) is 0 Å². The Kier molecular flexibility index (Phi) is 3.35. The molecular formula is C10H12OSi. The van der Waals surface area contributed by atoms with E-state index in [0.29, 0.717) is 0 Å². The number of benzene rings is 1. The highest BCUT2D eigenvalue weighted by atomic mass is 28.3. The van der Waals surface area contributed by atoms with Gasteiger partial charge >= 0.3 is 0 Å². The van der Waals surface area contributed by atoms with Gasteiger partial charge in [0.25, 0.3) is 9.04 Å². The van der Waals surface area contributed by atoms with Crippen LogP contribution in [0.25, 0.3) is 0 Å². The zero-order valence-electron chi connectivity index (χ0n) is 6.94. The first kappa shape index (κ1) is 8.81. The summed E-state index contributed by atoms with van der Waals surface area (Å²) in [5, 5.41) is 0. The van der Waals surface area contributed by atoms with E-state index in [9.17, 15) is 0 Å². The molecule has 0 aliphatic carbocycles. The van der Waals surface area contributed by atoms with Crippen LogP contribution in [0.1, 0.15) is 0 Å². The van der Waals surface area contributed by atoms with Crippen LogP contribution >= 0.6 is 0 Å². The summed E-state index contributed by atoms with van der Waals surface area (Å²) in [7, 11) is -1.39. The van der Waals surface area contributed by atoms with E-state index in [1.54, 1.807) is 0 Å². The first-order valence-electron chi connectivity index (χ1n) is 3.83. The maximum Gasteiger partial charge on any atom is 0.283 e. The van der Waals surface area contributed by atoms with E-state index in [4.69, 9.17) is 4.43 Å². The fraction of sp³-hybridized carbons (Fsp3) is 0. The maximum atomic E-state index is 5.62. The van der Waals surface area contributed by atoms with Gasteiger partial charge in [-0.25, -0.2) is 0 Å². The van der Waals surface area contributed by atoms with Gasteiger partial charge in [0.2, 0.25) is 0 Å². The van der Waals surface area contributed by atoms with Crippen molar-refractivity contribution in [3.8, 4) is 5.75 Å². The van der Waals surface area contributed by atoms with Crippen LogP contribution in [0.3, 0.4) is 0 Å². The Morgan fingerprint density at radius 2 is 1.67 bits per heavy atom. The summed E-state index contributed by atoms with van der Waals surface area (Å²) < 4.78 is 5.62. The third kappa shape index (κ3) is 2.40. The minimum absolute atomic E-state index is 0.897. The molecule has 0 spiro atoms. The molecule has 0 fully saturated rings. The Balaban J connectivity index is 2.62. The quantitative estimate of drug-likeness (QED) is 0.639. The largest absolute Gasteiger partial charge is 0.539 e. The number of rotatable bonds is 4. The molecule has 0 bridgehead atoms. The molecule has 12 heavy (non-hydrogen) atoms. The van der Waals surface area contributed by atoms with E-state index < -0.39 is 9.04 Å². The molecule has 0 atom stereocenters. The SMILES string of the molecule is C=C[SiH](C=C)Oc1ccccc1. The Hall–Kier alpha value is -1.28. The fourth-order valence-electron chi connectivity index (χ4n) is 0.849. The number of hydrogen-bond acceptors (Lipinski definition) is 1. The monoisotopic (exact) mass is 176 g/mol. The average Bonchev–Trinajstić information content (AvgIpc) is 2.16. The average molecular weight is 176 g/mol. The summed E-state index contributed by atoms with van der Waals surface area (Å²) in [5.74, 6) is 0.897. The highest BCUT2D eigenvalue weighted by molar-refractivity contribution is 6.63. The third-order valence-electron chi connectivity index (χ3n) is 1.48. The zero-order valence-corrected chi connectivity index (χ0v) is 8.10. The van der Waals surface area contributed by atoms with Gasteiger partial charge < -0.3 is 4.43 Å². The minimum Gasteiger partial charge on any atom is -0.539 e. The van der Waals surface area contributed by atoms with Gasteiger partial charge in [0, 0.05) is 0 Å². The van der Waals surface area contributed by atoms with Crippen molar-refractivity contribution in [2.75, 3.05) is 0 Å². The lowest BCUT2D eigenvalue weighted by atomic mass is 10.3. The number of para-hydroxylation sites is 1. The highest BCUT2D eigenvalue weighted by Gasteiger charge is 2.01. The molecule has 2 heteroatoms. The van der Waals surface area contributed by atoms with Crippen LogP contribution in [-0.4, -0.2) is 9.04 Å². The van der Waals surface area contributed by atoms with E-state index in [-0.39, 0.29) is 0 Å². The molecule has 0 amide bonds. The van der Waals surface area contributed by atoms with Crippen molar-refractivity contribution in [2.45, 2.75) is 0 Å². The van der Waals surface area contributed by atoms with Crippen molar-refractivity contribution >= 4 is 9.04 Å². The molecule has 0 aliphatic heterocycles. The van der Waals surface area contributed by atoms with Crippen LogP contribution in [0.5, 0.6) is 5.75 Å². The second-order valence-electron chi connectivity index (χ2n) is 2.37. The molecule has 62 valence electrons. The molecule has 0 saturated heterocycles. The Morgan fingerprint density at radius 1 is 1.08 bits per heavy atom. The molecule has 1 nitrogen and oxygen atoms in total. The minimum atomic E-state index is -1.39. The van der Waals surface area contributed by atoms with Crippen LogP contribution in [0.15, 0.2) is 54.9 Å². The highest BCUT2D eigenvalue weighted by Crippen LogP contribution is 2.09. The molecule has 1 aromatic rings. The second kappa shape index (κ2) is 4.57. The van der Waals surface area contributed by atoms with Crippen molar-refractivity contribution < 1.29 is 4.43 Å². The van der Waals surface area contributed by atoms with Gasteiger partial charge in [-0.2, -0.15) is 0 Å². The van der Waals surface area contributed by atoms with Crippen molar-refractivity contribution in [1.29, 1.82) is 0 Å². The van der Waals surface area contributed by atoms with E-state index in [2.05, 4.69) is 13.2 Å². The first-order valence-corrected chi connectivity index (χ1v) is 5.64. The van der Waals surface area contributed by atoms with E-state index in [0.717, 1.165) is 5.75 Å². The van der Waals surface area contributed by atoms with Crippen LogP contribution in [0, 0.1) is 0 Å². The maximum absolute atomic E-state index is 5.62.